The predicted molar refractivity (Wildman–Crippen MR) is 105 cm³/mol. The van der Waals surface area contributed by atoms with Gasteiger partial charge in [0.05, 0.1) is 11.5 Å². The third kappa shape index (κ3) is 4.84. The van der Waals surface area contributed by atoms with E-state index in [1.165, 1.54) is 25.7 Å². The van der Waals surface area contributed by atoms with Gasteiger partial charge in [0.25, 0.3) is 5.91 Å². The highest BCUT2D eigenvalue weighted by Gasteiger charge is 2.15. The minimum Gasteiger partial charge on any atom is -0.481 e. The van der Waals surface area contributed by atoms with Crippen LogP contribution in [-0.2, 0) is 4.79 Å². The van der Waals surface area contributed by atoms with Crippen molar-refractivity contribution in [3.8, 4) is 0 Å². The van der Waals surface area contributed by atoms with Gasteiger partial charge in [-0.1, -0.05) is 25.0 Å². The van der Waals surface area contributed by atoms with Crippen LogP contribution in [-0.4, -0.2) is 35.1 Å². The topological polar surface area (TPSA) is 82.5 Å². The van der Waals surface area contributed by atoms with E-state index < -0.39 is 11.9 Å². The van der Waals surface area contributed by atoms with E-state index in [9.17, 15) is 9.59 Å². The number of nitrogens with zero attached hydrogens (tertiary/aromatic N) is 2. The number of benzene rings is 1. The largest absolute Gasteiger partial charge is 0.481 e. The van der Waals surface area contributed by atoms with Crippen LogP contribution < -0.4 is 10.2 Å². The number of carboxylic acids is 1. The van der Waals surface area contributed by atoms with Crippen LogP contribution in [0.3, 0.4) is 0 Å². The van der Waals surface area contributed by atoms with Crippen molar-refractivity contribution in [2.75, 3.05) is 23.3 Å². The Bertz CT molecular complexity index is 779. The summed E-state index contributed by atoms with van der Waals surface area (Å²) in [6, 6.07) is 10.6. The molecular formula is C21H25N3O3. The summed E-state index contributed by atoms with van der Waals surface area (Å²) in [5.41, 5.74) is 1.82. The van der Waals surface area contributed by atoms with E-state index in [0.29, 0.717) is 16.8 Å². The second-order valence-corrected chi connectivity index (χ2v) is 6.94. The Labute approximate surface area is 159 Å². The fourth-order valence-corrected chi connectivity index (χ4v) is 3.21. The Balaban J connectivity index is 1.63. The van der Waals surface area contributed by atoms with Gasteiger partial charge in [0.1, 0.15) is 5.82 Å². The second-order valence-electron chi connectivity index (χ2n) is 6.94. The number of carbonyl (C=O) groups is 2. The van der Waals surface area contributed by atoms with E-state index in [-0.39, 0.29) is 5.91 Å². The van der Waals surface area contributed by atoms with Crippen molar-refractivity contribution in [1.29, 1.82) is 0 Å². The molecule has 1 fully saturated rings. The van der Waals surface area contributed by atoms with Crippen molar-refractivity contribution in [3.05, 3.63) is 53.7 Å². The number of carbonyl (C=O) groups excluding carboxylic acids is 1. The first-order valence-corrected chi connectivity index (χ1v) is 9.40. The minimum atomic E-state index is -0.873. The number of hydrogen-bond donors (Lipinski definition) is 2. The number of amides is 1. The van der Waals surface area contributed by atoms with Crippen molar-refractivity contribution < 1.29 is 14.7 Å². The molecule has 1 unspecified atom stereocenters. The van der Waals surface area contributed by atoms with Crippen molar-refractivity contribution in [1.82, 2.24) is 4.98 Å². The van der Waals surface area contributed by atoms with Gasteiger partial charge in [0.15, 0.2) is 0 Å². The lowest BCUT2D eigenvalue weighted by atomic mass is 10.0. The maximum Gasteiger partial charge on any atom is 0.310 e. The molecule has 6 nitrogen and oxygen atoms in total. The van der Waals surface area contributed by atoms with Gasteiger partial charge < -0.3 is 15.3 Å². The number of carboxylic acid groups (broad SMARTS) is 1. The summed E-state index contributed by atoms with van der Waals surface area (Å²) in [5, 5.41) is 11.9. The van der Waals surface area contributed by atoms with Gasteiger partial charge in [-0.3, -0.25) is 9.59 Å². The zero-order valence-electron chi connectivity index (χ0n) is 15.5. The lowest BCUT2D eigenvalue weighted by Gasteiger charge is -2.21. The number of aromatic nitrogens is 1. The Morgan fingerprint density at radius 1 is 1.04 bits per heavy atom. The average Bonchev–Trinajstić information content (AvgIpc) is 2.97. The summed E-state index contributed by atoms with van der Waals surface area (Å²) in [7, 11) is 0. The lowest BCUT2D eigenvalue weighted by molar-refractivity contribution is -0.138. The Hall–Kier alpha value is -2.89. The first kappa shape index (κ1) is 18.9. The zero-order valence-corrected chi connectivity index (χ0v) is 15.5. The summed E-state index contributed by atoms with van der Waals surface area (Å²) in [4.78, 5) is 30.2. The molecule has 2 aromatic rings. The van der Waals surface area contributed by atoms with Crippen LogP contribution in [0.5, 0.6) is 0 Å². The highest BCUT2D eigenvalue weighted by molar-refractivity contribution is 6.04. The monoisotopic (exact) mass is 367 g/mol. The number of aliphatic carboxylic acids is 1. The van der Waals surface area contributed by atoms with E-state index >= 15 is 0 Å². The maximum absolute atomic E-state index is 12.4. The molecule has 1 aliphatic rings. The van der Waals surface area contributed by atoms with Crippen molar-refractivity contribution in [3.63, 3.8) is 0 Å². The Morgan fingerprint density at radius 3 is 2.26 bits per heavy atom. The van der Waals surface area contributed by atoms with Crippen LogP contribution in [0, 0.1) is 0 Å². The van der Waals surface area contributed by atoms with Crippen LogP contribution in [0.2, 0.25) is 0 Å². The van der Waals surface area contributed by atoms with Gasteiger partial charge in [-0.25, -0.2) is 4.98 Å². The smallest absolute Gasteiger partial charge is 0.310 e. The fourth-order valence-electron chi connectivity index (χ4n) is 3.21. The van der Waals surface area contributed by atoms with E-state index in [0.717, 1.165) is 18.9 Å². The summed E-state index contributed by atoms with van der Waals surface area (Å²) < 4.78 is 0. The van der Waals surface area contributed by atoms with E-state index in [2.05, 4.69) is 15.2 Å². The molecule has 1 atom stereocenters. The van der Waals surface area contributed by atoms with E-state index in [1.54, 1.807) is 43.5 Å². The summed E-state index contributed by atoms with van der Waals surface area (Å²) in [5.74, 6) is -0.766. The summed E-state index contributed by atoms with van der Waals surface area (Å²) >= 11 is 0. The van der Waals surface area contributed by atoms with Crippen LogP contribution in [0.25, 0.3) is 0 Å². The number of anilines is 2. The van der Waals surface area contributed by atoms with E-state index in [4.69, 9.17) is 5.11 Å². The summed E-state index contributed by atoms with van der Waals surface area (Å²) in [6.07, 6.45) is 6.50. The number of rotatable bonds is 5. The molecule has 6 heteroatoms. The average molecular weight is 367 g/mol. The van der Waals surface area contributed by atoms with Crippen LogP contribution >= 0.6 is 0 Å². The molecule has 1 aromatic heterocycles. The van der Waals surface area contributed by atoms with Gasteiger partial charge >= 0.3 is 5.97 Å². The second kappa shape index (κ2) is 8.66. The van der Waals surface area contributed by atoms with Gasteiger partial charge in [0, 0.05) is 25.0 Å². The highest BCUT2D eigenvalue weighted by Crippen LogP contribution is 2.20. The SMILES string of the molecule is CC(C(=O)O)c1ccc(NC(=O)c2ccc(N3CCCCCC3)nc2)cc1. The normalized spacial score (nSPS) is 15.7. The molecule has 1 aliphatic heterocycles. The molecule has 1 saturated heterocycles. The molecule has 2 N–H and O–H groups in total. The predicted octanol–water partition coefficient (Wildman–Crippen LogP) is 3.90. The number of pyridine rings is 1. The molecule has 3 rings (SSSR count). The first-order valence-electron chi connectivity index (χ1n) is 9.40. The molecule has 142 valence electrons. The van der Waals surface area contributed by atoms with Crippen molar-refractivity contribution >= 4 is 23.4 Å². The lowest BCUT2D eigenvalue weighted by Crippen LogP contribution is -2.25. The summed E-state index contributed by atoms with van der Waals surface area (Å²) in [6.45, 7) is 3.66. The molecule has 1 amide bonds. The Morgan fingerprint density at radius 2 is 1.70 bits per heavy atom. The van der Waals surface area contributed by atoms with E-state index in [1.807, 2.05) is 6.07 Å². The standard InChI is InChI=1S/C21H25N3O3/c1-15(21(26)27)16-6-9-18(10-7-16)23-20(25)17-8-11-19(22-14-17)24-12-4-2-3-5-13-24/h6-11,14-15H,2-5,12-13H2,1H3,(H,23,25)(H,26,27). The van der Waals surface area contributed by atoms with Crippen molar-refractivity contribution in [2.45, 2.75) is 38.5 Å². The van der Waals surface area contributed by atoms with Gasteiger partial charge in [-0.15, -0.1) is 0 Å². The maximum atomic E-state index is 12.4. The molecular weight excluding hydrogens is 342 g/mol. The van der Waals surface area contributed by atoms with Crippen LogP contribution in [0.15, 0.2) is 42.6 Å². The molecule has 0 aliphatic carbocycles. The van der Waals surface area contributed by atoms with Crippen LogP contribution in [0.4, 0.5) is 11.5 Å². The molecule has 0 saturated carbocycles. The molecule has 27 heavy (non-hydrogen) atoms. The molecule has 0 radical (unpaired) electrons. The minimum absolute atomic E-state index is 0.232. The zero-order chi connectivity index (χ0) is 19.2. The van der Waals surface area contributed by atoms with Crippen LogP contribution in [0.1, 0.15) is 54.4 Å². The third-order valence-corrected chi connectivity index (χ3v) is 4.98. The van der Waals surface area contributed by atoms with Gasteiger partial charge in [-0.05, 0) is 49.6 Å². The van der Waals surface area contributed by atoms with Gasteiger partial charge in [0.2, 0.25) is 0 Å². The quantitative estimate of drug-likeness (QED) is 0.837. The third-order valence-electron chi connectivity index (χ3n) is 4.98. The molecule has 2 heterocycles. The Kier molecular flexibility index (Phi) is 6.06. The van der Waals surface area contributed by atoms with Crippen molar-refractivity contribution in [2.24, 2.45) is 0 Å². The first-order chi connectivity index (χ1) is 13.0. The molecule has 0 spiro atoms. The molecule has 0 bridgehead atoms. The number of nitrogens with one attached hydrogen (secondary N) is 1. The number of hydrogen-bond acceptors (Lipinski definition) is 4. The highest BCUT2D eigenvalue weighted by atomic mass is 16.4. The fraction of sp³-hybridized carbons (Fsp3) is 0.381. The molecule has 1 aromatic carbocycles. The van der Waals surface area contributed by atoms with Gasteiger partial charge in [-0.2, -0.15) is 0 Å².